The van der Waals surface area contributed by atoms with E-state index in [1.54, 1.807) is 60.8 Å². The Morgan fingerprint density at radius 2 is 1.48 bits per heavy atom. The number of nitrogens with zero attached hydrogens (tertiary/aromatic N) is 1. The van der Waals surface area contributed by atoms with Gasteiger partial charge in [-0.3, -0.25) is 24.6 Å². The Hall–Kier alpha value is -5.34. The van der Waals surface area contributed by atoms with E-state index in [0.29, 0.717) is 39.4 Å². The highest BCUT2D eigenvalue weighted by Crippen LogP contribution is 2.28. The van der Waals surface area contributed by atoms with Crippen LogP contribution in [0.5, 0.6) is 11.5 Å². The number of ether oxygens (including phenoxy) is 1. The van der Waals surface area contributed by atoms with Crippen LogP contribution in [-0.2, 0) is 9.59 Å². The zero-order chi connectivity index (χ0) is 27.6. The van der Waals surface area contributed by atoms with Crippen LogP contribution in [0.1, 0.15) is 21.5 Å². The van der Waals surface area contributed by atoms with Crippen LogP contribution in [0.4, 0.5) is 5.69 Å². The third-order valence-electron chi connectivity index (χ3n) is 6.49. The summed E-state index contributed by atoms with van der Waals surface area (Å²) in [6.07, 6.45) is 3.22. The Balaban J connectivity index is 1.27. The molecule has 2 N–H and O–H groups in total. The molecular weight excluding hydrogens is 522 g/mol. The Kier molecular flexibility index (Phi) is 6.51. The summed E-state index contributed by atoms with van der Waals surface area (Å²) in [6.45, 7) is 0. The predicted octanol–water partition coefficient (Wildman–Crippen LogP) is 6.02. The molecule has 1 saturated heterocycles. The Labute approximate surface area is 234 Å². The fourth-order valence-electron chi connectivity index (χ4n) is 4.50. The van der Waals surface area contributed by atoms with Gasteiger partial charge in [0, 0.05) is 33.8 Å². The second kappa shape index (κ2) is 10.4. The molecule has 1 aliphatic heterocycles. The summed E-state index contributed by atoms with van der Waals surface area (Å²) < 4.78 is 5.83. The first-order valence-corrected chi connectivity index (χ1v) is 12.8. The van der Waals surface area contributed by atoms with Crippen molar-refractivity contribution >= 4 is 57.6 Å². The molecule has 5 aromatic rings. The summed E-state index contributed by atoms with van der Waals surface area (Å²) in [4.78, 5) is 43.6. The molecule has 1 aliphatic rings. The average Bonchev–Trinajstić information content (AvgIpc) is 3.38. The van der Waals surface area contributed by atoms with Gasteiger partial charge in [-0.15, -0.1) is 0 Å². The second-order valence-electron chi connectivity index (χ2n) is 9.07. The van der Waals surface area contributed by atoms with Crippen LogP contribution in [0, 0.1) is 0 Å². The van der Waals surface area contributed by atoms with Crippen molar-refractivity contribution in [3.05, 3.63) is 132 Å². The molecule has 2 amide bonds. The van der Waals surface area contributed by atoms with E-state index < -0.39 is 11.8 Å². The van der Waals surface area contributed by atoms with Gasteiger partial charge in [0.15, 0.2) is 10.9 Å². The Bertz CT molecular complexity index is 1810. The molecule has 1 aromatic heterocycles. The number of anilines is 1. The molecular formula is C32H21N3O4S. The number of hydrogen-bond donors (Lipinski definition) is 2. The molecule has 0 saturated carbocycles. The van der Waals surface area contributed by atoms with E-state index in [-0.39, 0.29) is 16.5 Å². The van der Waals surface area contributed by atoms with Crippen molar-refractivity contribution in [2.75, 3.05) is 4.90 Å². The topological polar surface area (TPSA) is 91.5 Å². The van der Waals surface area contributed by atoms with Gasteiger partial charge in [-0.25, -0.2) is 0 Å². The molecule has 194 valence electrons. The zero-order valence-corrected chi connectivity index (χ0v) is 21.8. The molecule has 7 nitrogen and oxygen atoms in total. The van der Waals surface area contributed by atoms with Crippen LogP contribution in [0.2, 0.25) is 0 Å². The minimum absolute atomic E-state index is 0.00753. The van der Waals surface area contributed by atoms with E-state index in [9.17, 15) is 14.4 Å². The number of H-pyrrole nitrogens is 1. The Morgan fingerprint density at radius 3 is 2.20 bits per heavy atom. The van der Waals surface area contributed by atoms with E-state index in [4.69, 9.17) is 17.0 Å². The van der Waals surface area contributed by atoms with E-state index in [0.717, 1.165) is 5.39 Å². The van der Waals surface area contributed by atoms with Crippen LogP contribution in [-0.4, -0.2) is 27.7 Å². The van der Waals surface area contributed by atoms with E-state index in [1.807, 2.05) is 48.5 Å². The van der Waals surface area contributed by atoms with Crippen molar-refractivity contribution in [3.63, 3.8) is 0 Å². The van der Waals surface area contributed by atoms with Crippen LogP contribution in [0.25, 0.3) is 17.0 Å². The lowest BCUT2D eigenvalue weighted by Crippen LogP contribution is -2.54. The van der Waals surface area contributed by atoms with Gasteiger partial charge in [0.25, 0.3) is 11.8 Å². The zero-order valence-electron chi connectivity index (χ0n) is 21.0. The lowest BCUT2D eigenvalue weighted by Gasteiger charge is -2.29. The van der Waals surface area contributed by atoms with Gasteiger partial charge in [-0.1, -0.05) is 60.7 Å². The third kappa shape index (κ3) is 4.79. The van der Waals surface area contributed by atoms with Gasteiger partial charge in [-0.2, -0.15) is 0 Å². The normalized spacial score (nSPS) is 14.4. The van der Waals surface area contributed by atoms with Gasteiger partial charge in [0.05, 0.1) is 5.69 Å². The van der Waals surface area contributed by atoms with Crippen LogP contribution >= 0.6 is 12.2 Å². The first kappa shape index (κ1) is 25.0. The lowest BCUT2D eigenvalue weighted by atomic mass is 10.0. The molecule has 2 heterocycles. The van der Waals surface area contributed by atoms with Crippen molar-refractivity contribution in [1.82, 2.24) is 10.3 Å². The minimum Gasteiger partial charge on any atom is -0.457 e. The number of ketones is 1. The maximum atomic E-state index is 13.5. The monoisotopic (exact) mass is 543 g/mol. The molecule has 0 unspecified atom stereocenters. The smallest absolute Gasteiger partial charge is 0.270 e. The van der Waals surface area contributed by atoms with E-state index in [1.165, 1.54) is 11.0 Å². The molecule has 0 bridgehead atoms. The minimum atomic E-state index is -0.583. The maximum Gasteiger partial charge on any atom is 0.270 e. The maximum absolute atomic E-state index is 13.5. The number of rotatable bonds is 6. The van der Waals surface area contributed by atoms with Crippen LogP contribution in [0.3, 0.4) is 0 Å². The first-order chi connectivity index (χ1) is 19.5. The highest BCUT2D eigenvalue weighted by atomic mass is 32.1. The number of amides is 2. The molecule has 40 heavy (non-hydrogen) atoms. The second-order valence-corrected chi connectivity index (χ2v) is 9.45. The van der Waals surface area contributed by atoms with Crippen molar-refractivity contribution in [2.45, 2.75) is 0 Å². The molecule has 0 spiro atoms. The summed E-state index contributed by atoms with van der Waals surface area (Å²) in [7, 11) is 0. The fraction of sp³-hybridized carbons (Fsp3) is 0. The number of thiocarbonyl (C=S) groups is 1. The molecule has 6 rings (SSSR count). The van der Waals surface area contributed by atoms with E-state index >= 15 is 0 Å². The highest BCUT2D eigenvalue weighted by Gasteiger charge is 2.34. The van der Waals surface area contributed by atoms with Crippen molar-refractivity contribution in [3.8, 4) is 11.5 Å². The molecule has 1 fully saturated rings. The fourth-order valence-corrected chi connectivity index (χ4v) is 4.78. The summed E-state index contributed by atoms with van der Waals surface area (Å²) >= 11 is 5.33. The number of carbonyl (C=O) groups is 3. The molecule has 4 aromatic carbocycles. The number of benzene rings is 4. The van der Waals surface area contributed by atoms with Crippen molar-refractivity contribution in [2.24, 2.45) is 0 Å². The number of aromatic nitrogens is 1. The SMILES string of the molecule is O=C1NC(=S)N(c2ccc(Oc3ccccc3)cc2)C(=O)C1=Cc1c[nH]c2cc(C(=O)c3ccccc3)ccc12. The number of nitrogens with one attached hydrogen (secondary N) is 2. The summed E-state index contributed by atoms with van der Waals surface area (Å²) in [5.41, 5.74) is 2.89. The molecule has 8 heteroatoms. The average molecular weight is 544 g/mol. The highest BCUT2D eigenvalue weighted by molar-refractivity contribution is 7.80. The summed E-state index contributed by atoms with van der Waals surface area (Å²) in [5, 5.41) is 3.36. The summed E-state index contributed by atoms with van der Waals surface area (Å²) in [6, 6.07) is 30.5. The van der Waals surface area contributed by atoms with Crippen molar-refractivity contribution < 1.29 is 19.1 Å². The molecule has 0 aliphatic carbocycles. The third-order valence-corrected chi connectivity index (χ3v) is 6.77. The van der Waals surface area contributed by atoms with E-state index in [2.05, 4.69) is 10.3 Å². The quantitative estimate of drug-likeness (QED) is 0.118. The number of aromatic amines is 1. The number of para-hydroxylation sites is 1. The van der Waals surface area contributed by atoms with Gasteiger partial charge in [-0.05, 0) is 60.8 Å². The van der Waals surface area contributed by atoms with Crippen LogP contribution < -0.4 is 15.0 Å². The lowest BCUT2D eigenvalue weighted by molar-refractivity contribution is -0.122. The Morgan fingerprint density at radius 1 is 0.800 bits per heavy atom. The van der Waals surface area contributed by atoms with Crippen LogP contribution in [0.15, 0.2) is 115 Å². The number of carbonyl (C=O) groups excluding carboxylic acids is 3. The number of fused-ring (bicyclic) bond motifs is 1. The first-order valence-electron chi connectivity index (χ1n) is 12.4. The predicted molar refractivity (Wildman–Crippen MR) is 157 cm³/mol. The number of hydrogen-bond acceptors (Lipinski definition) is 5. The molecule has 0 atom stereocenters. The summed E-state index contributed by atoms with van der Waals surface area (Å²) in [5.74, 6) is 0.0565. The molecule has 0 radical (unpaired) electrons. The van der Waals surface area contributed by atoms with Gasteiger partial charge in [0.2, 0.25) is 0 Å². The largest absolute Gasteiger partial charge is 0.457 e. The van der Waals surface area contributed by atoms with Gasteiger partial charge in [0.1, 0.15) is 17.1 Å². The van der Waals surface area contributed by atoms with Gasteiger partial charge >= 0.3 is 0 Å². The standard InChI is InChI=1S/C32H21N3O4S/c36-29(20-7-3-1-4-8-20)21-11-16-26-22(19-33-28(26)18-21)17-27-30(37)34-32(40)35(31(27)38)23-12-14-25(15-13-23)39-24-9-5-2-6-10-24/h1-19,33H,(H,34,37,40). The van der Waals surface area contributed by atoms with Crippen molar-refractivity contribution in [1.29, 1.82) is 0 Å². The van der Waals surface area contributed by atoms with Gasteiger partial charge < -0.3 is 9.72 Å².